The van der Waals surface area contributed by atoms with E-state index in [0.717, 1.165) is 24.2 Å². The van der Waals surface area contributed by atoms with Crippen LogP contribution in [-0.2, 0) is 9.53 Å². The zero-order valence-corrected chi connectivity index (χ0v) is 14.0. The van der Waals surface area contributed by atoms with Crippen LogP contribution in [0.25, 0.3) is 5.82 Å². The molecule has 3 heterocycles. The van der Waals surface area contributed by atoms with Crippen molar-refractivity contribution < 1.29 is 9.53 Å². The molecular formula is C16H22N6O2. The molecule has 0 bridgehead atoms. The van der Waals surface area contributed by atoms with Gasteiger partial charge in [-0.3, -0.25) is 4.79 Å². The van der Waals surface area contributed by atoms with Crippen LogP contribution in [0, 0.1) is 13.8 Å². The minimum absolute atomic E-state index is 0.0414. The Morgan fingerprint density at radius 3 is 2.83 bits per heavy atom. The molecule has 1 amide bonds. The topological polar surface area (TPSA) is 94.0 Å². The Bertz CT molecular complexity index is 691. The van der Waals surface area contributed by atoms with Gasteiger partial charge in [0.2, 0.25) is 5.91 Å². The number of amides is 1. The molecule has 1 saturated heterocycles. The third-order valence-electron chi connectivity index (χ3n) is 3.83. The number of carbonyl (C=O) groups excluding carboxylic acids is 1. The molecule has 3 rings (SSSR count). The Hall–Kier alpha value is -2.48. The standard InChI is InChI=1S/C16H22N6O2/c1-11-10-12(2)22(21-11)15-6-5-14(19-20-15)17-7-8-18-16(23)13-4-3-9-24-13/h5-6,10,13H,3-4,7-9H2,1-2H3,(H,17,19)(H,18,23). The lowest BCUT2D eigenvalue weighted by molar-refractivity contribution is -0.129. The van der Waals surface area contributed by atoms with Crippen LogP contribution < -0.4 is 10.6 Å². The van der Waals surface area contributed by atoms with E-state index >= 15 is 0 Å². The predicted octanol–water partition coefficient (Wildman–Crippen LogP) is 0.986. The lowest BCUT2D eigenvalue weighted by Gasteiger charge is -2.11. The number of rotatable bonds is 6. The number of aryl methyl sites for hydroxylation is 2. The largest absolute Gasteiger partial charge is 0.368 e. The third kappa shape index (κ3) is 3.88. The second-order valence-electron chi connectivity index (χ2n) is 5.84. The monoisotopic (exact) mass is 330 g/mol. The van der Waals surface area contributed by atoms with Gasteiger partial charge in [-0.2, -0.15) is 5.10 Å². The van der Waals surface area contributed by atoms with Crippen molar-refractivity contribution in [3.8, 4) is 5.82 Å². The number of hydrogen-bond donors (Lipinski definition) is 2. The summed E-state index contributed by atoms with van der Waals surface area (Å²) in [4.78, 5) is 11.8. The van der Waals surface area contributed by atoms with Crippen molar-refractivity contribution in [1.29, 1.82) is 0 Å². The van der Waals surface area contributed by atoms with E-state index in [1.807, 2.05) is 32.0 Å². The molecule has 0 radical (unpaired) electrons. The molecule has 1 aliphatic heterocycles. The Kier molecular flexibility index (Phi) is 5.05. The van der Waals surface area contributed by atoms with Gasteiger partial charge in [-0.1, -0.05) is 0 Å². The summed E-state index contributed by atoms with van der Waals surface area (Å²) in [5, 5.41) is 18.7. The van der Waals surface area contributed by atoms with Gasteiger partial charge in [-0.05, 0) is 44.9 Å². The van der Waals surface area contributed by atoms with Crippen molar-refractivity contribution in [1.82, 2.24) is 25.3 Å². The molecule has 2 aromatic heterocycles. The van der Waals surface area contributed by atoms with E-state index in [1.54, 1.807) is 4.68 Å². The fourth-order valence-corrected chi connectivity index (χ4v) is 2.67. The van der Waals surface area contributed by atoms with E-state index < -0.39 is 0 Å². The normalized spacial score (nSPS) is 17.0. The number of carbonyl (C=O) groups is 1. The average Bonchev–Trinajstić information content (AvgIpc) is 3.22. The SMILES string of the molecule is Cc1cc(C)n(-c2ccc(NCCNC(=O)C3CCCO3)nn2)n1. The summed E-state index contributed by atoms with van der Waals surface area (Å²) >= 11 is 0. The number of nitrogens with zero attached hydrogens (tertiary/aromatic N) is 4. The van der Waals surface area contributed by atoms with E-state index in [4.69, 9.17) is 4.74 Å². The fraction of sp³-hybridized carbons (Fsp3) is 0.500. The molecule has 8 heteroatoms. The smallest absolute Gasteiger partial charge is 0.249 e. The molecule has 8 nitrogen and oxygen atoms in total. The van der Waals surface area contributed by atoms with Gasteiger partial charge in [0.25, 0.3) is 0 Å². The highest BCUT2D eigenvalue weighted by Crippen LogP contribution is 2.12. The van der Waals surface area contributed by atoms with Gasteiger partial charge in [-0.25, -0.2) is 4.68 Å². The van der Waals surface area contributed by atoms with Crippen LogP contribution in [-0.4, -0.2) is 51.7 Å². The summed E-state index contributed by atoms with van der Waals surface area (Å²) < 4.78 is 7.09. The third-order valence-corrected chi connectivity index (χ3v) is 3.83. The van der Waals surface area contributed by atoms with Crippen LogP contribution in [0.2, 0.25) is 0 Å². The van der Waals surface area contributed by atoms with Gasteiger partial charge < -0.3 is 15.4 Å². The summed E-state index contributed by atoms with van der Waals surface area (Å²) in [5.74, 6) is 1.30. The van der Waals surface area contributed by atoms with Crippen LogP contribution in [0.4, 0.5) is 5.82 Å². The molecule has 0 saturated carbocycles. The highest BCUT2D eigenvalue weighted by molar-refractivity contribution is 5.80. The lowest BCUT2D eigenvalue weighted by atomic mass is 10.2. The molecular weight excluding hydrogens is 308 g/mol. The molecule has 1 fully saturated rings. The van der Waals surface area contributed by atoms with Crippen LogP contribution in [0.1, 0.15) is 24.2 Å². The molecule has 24 heavy (non-hydrogen) atoms. The summed E-state index contributed by atoms with van der Waals surface area (Å²) in [6.07, 6.45) is 1.47. The molecule has 1 atom stereocenters. The minimum atomic E-state index is -0.287. The van der Waals surface area contributed by atoms with Crippen LogP contribution >= 0.6 is 0 Å². The quantitative estimate of drug-likeness (QED) is 0.767. The molecule has 1 aliphatic rings. The minimum Gasteiger partial charge on any atom is -0.368 e. The van der Waals surface area contributed by atoms with Crippen molar-refractivity contribution in [3.63, 3.8) is 0 Å². The Morgan fingerprint density at radius 2 is 2.21 bits per heavy atom. The second kappa shape index (κ2) is 7.39. The molecule has 0 aromatic carbocycles. The van der Waals surface area contributed by atoms with Crippen LogP contribution in [0.15, 0.2) is 18.2 Å². The number of anilines is 1. The first-order valence-electron chi connectivity index (χ1n) is 8.14. The Balaban J connectivity index is 1.46. The van der Waals surface area contributed by atoms with Crippen molar-refractivity contribution in [2.24, 2.45) is 0 Å². The maximum absolute atomic E-state index is 11.8. The highest BCUT2D eigenvalue weighted by Gasteiger charge is 2.22. The number of nitrogens with one attached hydrogen (secondary N) is 2. The van der Waals surface area contributed by atoms with Gasteiger partial charge in [0.15, 0.2) is 5.82 Å². The van der Waals surface area contributed by atoms with E-state index in [-0.39, 0.29) is 12.0 Å². The van der Waals surface area contributed by atoms with Crippen LogP contribution in [0.3, 0.4) is 0 Å². The van der Waals surface area contributed by atoms with Gasteiger partial charge >= 0.3 is 0 Å². The maximum atomic E-state index is 11.8. The molecule has 2 aromatic rings. The Labute approximate surface area is 140 Å². The second-order valence-corrected chi connectivity index (χ2v) is 5.84. The van der Waals surface area contributed by atoms with Crippen molar-refractivity contribution in [3.05, 3.63) is 29.6 Å². The fourth-order valence-electron chi connectivity index (χ4n) is 2.67. The summed E-state index contributed by atoms with van der Waals surface area (Å²) in [6, 6.07) is 5.70. The molecule has 1 unspecified atom stereocenters. The zero-order chi connectivity index (χ0) is 16.9. The van der Waals surface area contributed by atoms with E-state index in [1.165, 1.54) is 0 Å². The van der Waals surface area contributed by atoms with Crippen LogP contribution in [0.5, 0.6) is 0 Å². The number of hydrogen-bond acceptors (Lipinski definition) is 6. The average molecular weight is 330 g/mol. The van der Waals surface area contributed by atoms with Crippen molar-refractivity contribution >= 4 is 11.7 Å². The van der Waals surface area contributed by atoms with Crippen molar-refractivity contribution in [2.75, 3.05) is 25.0 Å². The van der Waals surface area contributed by atoms with Crippen molar-refractivity contribution in [2.45, 2.75) is 32.8 Å². The lowest BCUT2D eigenvalue weighted by Crippen LogP contribution is -2.36. The maximum Gasteiger partial charge on any atom is 0.249 e. The molecule has 128 valence electrons. The summed E-state index contributed by atoms with van der Waals surface area (Å²) in [5.41, 5.74) is 1.96. The van der Waals surface area contributed by atoms with Gasteiger partial charge in [-0.15, -0.1) is 10.2 Å². The summed E-state index contributed by atoms with van der Waals surface area (Å²) in [6.45, 7) is 5.68. The Morgan fingerprint density at radius 1 is 1.33 bits per heavy atom. The summed E-state index contributed by atoms with van der Waals surface area (Å²) in [7, 11) is 0. The van der Waals surface area contributed by atoms with Gasteiger partial charge in [0, 0.05) is 25.4 Å². The number of ether oxygens (including phenoxy) is 1. The molecule has 2 N–H and O–H groups in total. The molecule has 0 aliphatic carbocycles. The first-order valence-corrected chi connectivity index (χ1v) is 8.14. The number of aromatic nitrogens is 4. The van der Waals surface area contributed by atoms with E-state index in [9.17, 15) is 4.79 Å². The van der Waals surface area contributed by atoms with Gasteiger partial charge in [0.1, 0.15) is 11.9 Å². The van der Waals surface area contributed by atoms with E-state index in [2.05, 4.69) is 25.9 Å². The van der Waals surface area contributed by atoms with Gasteiger partial charge in [0.05, 0.1) is 5.69 Å². The predicted molar refractivity (Wildman–Crippen MR) is 89.1 cm³/mol. The zero-order valence-electron chi connectivity index (χ0n) is 14.0. The van der Waals surface area contributed by atoms with E-state index in [0.29, 0.717) is 31.3 Å². The highest BCUT2D eigenvalue weighted by atomic mass is 16.5. The first kappa shape index (κ1) is 16.4. The molecule has 0 spiro atoms. The first-order chi connectivity index (χ1) is 11.6.